The van der Waals surface area contributed by atoms with E-state index in [-0.39, 0.29) is 23.2 Å². The van der Waals surface area contributed by atoms with Gasteiger partial charge in [-0.05, 0) is 24.8 Å². The van der Waals surface area contributed by atoms with E-state index in [9.17, 15) is 20.0 Å². The minimum Gasteiger partial charge on any atom is -0.480 e. The van der Waals surface area contributed by atoms with Crippen LogP contribution in [0.25, 0.3) is 0 Å². The summed E-state index contributed by atoms with van der Waals surface area (Å²) in [6.07, 6.45) is 2.78. The van der Waals surface area contributed by atoms with Gasteiger partial charge in [-0.1, -0.05) is 19.8 Å². The molecule has 0 bridgehead atoms. The summed E-state index contributed by atoms with van der Waals surface area (Å²) in [6, 6.07) is 2.62. The molecule has 1 aromatic heterocycles. The zero-order valence-electron chi connectivity index (χ0n) is 11.7. The largest absolute Gasteiger partial charge is 0.480 e. The van der Waals surface area contributed by atoms with Crippen LogP contribution in [-0.4, -0.2) is 26.5 Å². The number of aromatic nitrogens is 1. The number of carboxylic acid groups (broad SMARTS) is 1. The fraction of sp³-hybridized carbons (Fsp3) is 0.538. The second-order valence-electron chi connectivity index (χ2n) is 5.57. The van der Waals surface area contributed by atoms with Crippen LogP contribution in [0.5, 0.6) is 0 Å². The smallest absolute Gasteiger partial charge is 0.329 e. The Kier molecular flexibility index (Phi) is 3.97. The highest BCUT2D eigenvalue weighted by Crippen LogP contribution is 2.35. The van der Waals surface area contributed by atoms with Gasteiger partial charge in [-0.2, -0.15) is 0 Å². The maximum atomic E-state index is 11.7. The second-order valence-corrected chi connectivity index (χ2v) is 5.57. The number of rotatable bonds is 4. The highest BCUT2D eigenvalue weighted by atomic mass is 16.6. The first-order valence-electron chi connectivity index (χ1n) is 6.76. The number of nitrogens with zero attached hydrogens (tertiary/aromatic N) is 2. The first-order chi connectivity index (χ1) is 9.84. The molecule has 8 heteroatoms. The van der Waals surface area contributed by atoms with Crippen LogP contribution in [0.3, 0.4) is 0 Å². The summed E-state index contributed by atoms with van der Waals surface area (Å²) in [5.74, 6) is -0.630. The minimum absolute atomic E-state index is 0.227. The first-order valence-corrected chi connectivity index (χ1v) is 6.76. The Hall–Kier alpha value is -2.38. The van der Waals surface area contributed by atoms with Gasteiger partial charge >= 0.3 is 11.7 Å². The van der Waals surface area contributed by atoms with E-state index >= 15 is 0 Å². The van der Waals surface area contributed by atoms with E-state index in [0.717, 1.165) is 12.8 Å². The Bertz CT molecular complexity index is 577. The first kappa shape index (κ1) is 15.0. The normalized spacial score (nSPS) is 25.3. The molecule has 1 fully saturated rings. The Morgan fingerprint density at radius 2 is 2.33 bits per heavy atom. The standard InChI is InChI=1S/C13H18N4O4/c1-8-3-2-6-13(7-8,12(18)19)16-10-5-4-9(17(20)21)11(14)15-10/h4-5,8H,2-3,6-7H2,1H3,(H,18,19)(H3,14,15,16). The van der Waals surface area contributed by atoms with E-state index in [4.69, 9.17) is 5.73 Å². The lowest BCUT2D eigenvalue weighted by Gasteiger charge is -2.37. The van der Waals surface area contributed by atoms with Crippen LogP contribution < -0.4 is 11.1 Å². The number of anilines is 2. The number of hydrogen-bond donors (Lipinski definition) is 3. The molecule has 0 amide bonds. The quantitative estimate of drug-likeness (QED) is 0.571. The monoisotopic (exact) mass is 294 g/mol. The number of aliphatic carboxylic acids is 1. The molecule has 8 nitrogen and oxygen atoms in total. The van der Waals surface area contributed by atoms with Crippen LogP contribution in [0.2, 0.25) is 0 Å². The number of hydrogen-bond acceptors (Lipinski definition) is 6. The van der Waals surface area contributed by atoms with E-state index in [1.165, 1.54) is 12.1 Å². The summed E-state index contributed by atoms with van der Waals surface area (Å²) in [7, 11) is 0. The number of nitrogens with two attached hydrogens (primary N) is 1. The van der Waals surface area contributed by atoms with Gasteiger partial charge in [0.15, 0.2) is 0 Å². The Labute approximate surface area is 121 Å². The van der Waals surface area contributed by atoms with Gasteiger partial charge < -0.3 is 16.2 Å². The van der Waals surface area contributed by atoms with Crippen molar-refractivity contribution < 1.29 is 14.8 Å². The van der Waals surface area contributed by atoms with Crippen molar-refractivity contribution in [1.29, 1.82) is 0 Å². The minimum atomic E-state index is -1.09. The molecule has 0 radical (unpaired) electrons. The van der Waals surface area contributed by atoms with E-state index in [1.807, 2.05) is 6.92 Å². The average molecular weight is 294 g/mol. The molecule has 0 aliphatic heterocycles. The molecular weight excluding hydrogens is 276 g/mol. The zero-order valence-corrected chi connectivity index (χ0v) is 11.7. The van der Waals surface area contributed by atoms with Gasteiger partial charge in [0, 0.05) is 6.07 Å². The summed E-state index contributed by atoms with van der Waals surface area (Å²) < 4.78 is 0. The van der Waals surface area contributed by atoms with Gasteiger partial charge in [0.05, 0.1) is 4.92 Å². The third kappa shape index (κ3) is 3.04. The molecule has 4 N–H and O–H groups in total. The second kappa shape index (κ2) is 5.55. The van der Waals surface area contributed by atoms with Crippen LogP contribution in [-0.2, 0) is 4.79 Å². The summed E-state index contributed by atoms with van der Waals surface area (Å²) in [6.45, 7) is 2.01. The van der Waals surface area contributed by atoms with Crippen molar-refractivity contribution in [2.24, 2.45) is 5.92 Å². The van der Waals surface area contributed by atoms with Gasteiger partial charge in [-0.3, -0.25) is 10.1 Å². The van der Waals surface area contributed by atoms with Crippen LogP contribution >= 0.6 is 0 Å². The van der Waals surface area contributed by atoms with Crippen molar-refractivity contribution in [3.63, 3.8) is 0 Å². The molecule has 2 atom stereocenters. The Morgan fingerprint density at radius 1 is 1.62 bits per heavy atom. The van der Waals surface area contributed by atoms with Crippen LogP contribution in [0, 0.1) is 16.0 Å². The maximum Gasteiger partial charge on any atom is 0.329 e. The molecule has 1 aromatic rings. The molecule has 1 aliphatic rings. The Balaban J connectivity index is 2.27. The van der Waals surface area contributed by atoms with Crippen molar-refractivity contribution in [2.45, 2.75) is 38.1 Å². The number of nitrogen functional groups attached to an aromatic ring is 1. The van der Waals surface area contributed by atoms with E-state index < -0.39 is 16.4 Å². The van der Waals surface area contributed by atoms with E-state index in [1.54, 1.807) is 0 Å². The lowest BCUT2D eigenvalue weighted by atomic mass is 9.76. The molecular formula is C13H18N4O4. The number of nitro groups is 1. The van der Waals surface area contributed by atoms with Crippen molar-refractivity contribution >= 4 is 23.3 Å². The molecule has 2 unspecified atom stereocenters. The molecule has 1 aliphatic carbocycles. The number of carboxylic acids is 1. The molecule has 0 spiro atoms. The summed E-state index contributed by atoms with van der Waals surface area (Å²) in [4.78, 5) is 25.6. The molecule has 1 heterocycles. The number of pyridine rings is 1. The molecule has 114 valence electrons. The molecule has 21 heavy (non-hydrogen) atoms. The summed E-state index contributed by atoms with van der Waals surface area (Å²) in [5, 5.41) is 23.2. The fourth-order valence-electron chi connectivity index (χ4n) is 2.85. The van der Waals surface area contributed by atoms with Crippen molar-refractivity contribution in [2.75, 3.05) is 11.1 Å². The third-order valence-corrected chi connectivity index (χ3v) is 3.87. The van der Waals surface area contributed by atoms with Crippen LogP contribution in [0.1, 0.15) is 32.6 Å². The topological polar surface area (TPSA) is 131 Å². The predicted molar refractivity (Wildman–Crippen MR) is 76.9 cm³/mol. The SMILES string of the molecule is CC1CCCC(Nc2ccc([N+](=O)[O-])c(N)n2)(C(=O)O)C1. The van der Waals surface area contributed by atoms with Crippen molar-refractivity contribution in [3.05, 3.63) is 22.2 Å². The highest BCUT2D eigenvalue weighted by Gasteiger charge is 2.42. The van der Waals surface area contributed by atoms with Crippen molar-refractivity contribution in [1.82, 2.24) is 4.98 Å². The third-order valence-electron chi connectivity index (χ3n) is 3.87. The van der Waals surface area contributed by atoms with E-state index in [2.05, 4.69) is 10.3 Å². The van der Waals surface area contributed by atoms with Crippen molar-refractivity contribution in [3.8, 4) is 0 Å². The number of nitrogens with one attached hydrogen (secondary N) is 1. The molecule has 1 saturated carbocycles. The van der Waals surface area contributed by atoms with E-state index in [0.29, 0.717) is 12.8 Å². The van der Waals surface area contributed by atoms with Gasteiger partial charge in [0.25, 0.3) is 0 Å². The molecule has 0 aromatic carbocycles. The number of carbonyl (C=O) groups is 1. The lowest BCUT2D eigenvalue weighted by Crippen LogP contribution is -2.49. The van der Waals surface area contributed by atoms with Crippen LogP contribution in [0.15, 0.2) is 12.1 Å². The van der Waals surface area contributed by atoms with Gasteiger partial charge in [-0.25, -0.2) is 9.78 Å². The fourth-order valence-corrected chi connectivity index (χ4v) is 2.85. The highest BCUT2D eigenvalue weighted by molar-refractivity contribution is 5.82. The zero-order chi connectivity index (χ0) is 15.6. The summed E-state index contributed by atoms with van der Waals surface area (Å²) in [5.41, 5.74) is 4.15. The van der Waals surface area contributed by atoms with Crippen LogP contribution in [0.4, 0.5) is 17.3 Å². The predicted octanol–water partition coefficient (Wildman–Crippen LogP) is 2.02. The van der Waals surface area contributed by atoms with Gasteiger partial charge in [0.1, 0.15) is 11.4 Å². The summed E-state index contributed by atoms with van der Waals surface area (Å²) >= 11 is 0. The molecule has 2 rings (SSSR count). The van der Waals surface area contributed by atoms with Gasteiger partial charge in [-0.15, -0.1) is 0 Å². The lowest BCUT2D eigenvalue weighted by molar-refractivity contribution is -0.384. The maximum absolute atomic E-state index is 11.7. The Morgan fingerprint density at radius 3 is 2.86 bits per heavy atom. The molecule has 0 saturated heterocycles. The average Bonchev–Trinajstić information content (AvgIpc) is 2.38. The van der Waals surface area contributed by atoms with Gasteiger partial charge in [0.2, 0.25) is 5.82 Å².